The van der Waals surface area contributed by atoms with Crippen molar-refractivity contribution < 1.29 is 83.9 Å². The molecule has 8 aliphatic rings. The number of carbonyl (C=O) groups is 1. The zero-order valence-electron chi connectivity index (χ0n) is 38.7. The summed E-state index contributed by atoms with van der Waals surface area (Å²) in [6, 6.07) is 0. The summed E-state index contributed by atoms with van der Waals surface area (Å²) < 4.78 is 40.9. The summed E-state index contributed by atoms with van der Waals surface area (Å²) in [6.45, 7) is 14.9. The molecule has 0 aromatic heterocycles. The second-order valence-corrected chi connectivity index (χ2v) is 22.9. The van der Waals surface area contributed by atoms with Crippen LogP contribution in [0, 0.1) is 50.2 Å². The molecule has 5 aliphatic carbocycles. The zero-order chi connectivity index (χ0) is 46.7. The van der Waals surface area contributed by atoms with Gasteiger partial charge < -0.3 is 79.1 Å². The third kappa shape index (κ3) is 7.58. The van der Waals surface area contributed by atoms with Gasteiger partial charge in [-0.25, -0.2) is 0 Å². The molecule has 4 saturated carbocycles. The molecule has 3 heterocycles. The van der Waals surface area contributed by atoms with Gasteiger partial charge in [-0.1, -0.05) is 60.1 Å². The zero-order valence-corrected chi connectivity index (χ0v) is 38.7. The van der Waals surface area contributed by atoms with E-state index in [2.05, 4.69) is 54.5 Å². The molecule has 8 rings (SSSR count). The molecule has 64 heavy (non-hydrogen) atoms. The van der Waals surface area contributed by atoms with Crippen LogP contribution in [0.3, 0.4) is 0 Å². The number of hydrogen-bond donors (Lipinski definition) is 9. The minimum Gasteiger partial charge on any atom is -0.468 e. The van der Waals surface area contributed by atoms with E-state index in [0.29, 0.717) is 19.3 Å². The maximum absolute atomic E-state index is 13.7. The Labute approximate surface area is 376 Å². The number of hydrogen-bond acceptors (Lipinski definition) is 17. The van der Waals surface area contributed by atoms with Gasteiger partial charge in [-0.15, -0.1) is 0 Å². The number of allylic oxidation sites excluding steroid dienone is 2. The lowest BCUT2D eigenvalue weighted by atomic mass is 9.33. The van der Waals surface area contributed by atoms with Crippen molar-refractivity contribution in [3.05, 3.63) is 11.6 Å². The number of esters is 1. The van der Waals surface area contributed by atoms with E-state index in [-0.39, 0.29) is 58.6 Å². The molecule has 0 aromatic carbocycles. The predicted molar refractivity (Wildman–Crippen MR) is 224 cm³/mol. The van der Waals surface area contributed by atoms with Gasteiger partial charge >= 0.3 is 5.97 Å². The Morgan fingerprint density at radius 1 is 0.703 bits per heavy atom. The first-order valence-corrected chi connectivity index (χ1v) is 23.6. The molecule has 17 heteroatoms. The molecular weight excluding hydrogens is 836 g/mol. The normalized spacial score (nSPS) is 53.4. The van der Waals surface area contributed by atoms with Crippen molar-refractivity contribution in [1.82, 2.24) is 0 Å². The van der Waals surface area contributed by atoms with Crippen molar-refractivity contribution >= 4 is 5.97 Å². The Kier molecular flexibility index (Phi) is 13.2. The molecule has 3 aliphatic heterocycles. The monoisotopic (exact) mass is 913 g/mol. The summed E-state index contributed by atoms with van der Waals surface area (Å²) in [4.78, 5) is 13.7. The van der Waals surface area contributed by atoms with E-state index < -0.39 is 110 Å². The van der Waals surface area contributed by atoms with Crippen molar-refractivity contribution in [2.45, 2.75) is 198 Å². The number of aliphatic hydroxyl groups excluding tert-OH is 9. The number of fused-ring (bicyclic) bond motifs is 7. The molecule has 366 valence electrons. The van der Waals surface area contributed by atoms with Gasteiger partial charge in [-0.2, -0.15) is 0 Å². The first-order valence-electron chi connectivity index (χ1n) is 23.6. The lowest BCUT2D eigenvalue weighted by molar-refractivity contribution is -0.357. The summed E-state index contributed by atoms with van der Waals surface area (Å²) in [6.07, 6.45) is -11.4. The average molecular weight is 913 g/mol. The second-order valence-electron chi connectivity index (χ2n) is 22.9. The Balaban J connectivity index is 0.973. The molecule has 0 bridgehead atoms. The van der Waals surface area contributed by atoms with E-state index in [1.807, 2.05) is 0 Å². The van der Waals surface area contributed by atoms with Crippen LogP contribution in [-0.4, -0.2) is 171 Å². The molecule has 0 amide bonds. The fourth-order valence-corrected chi connectivity index (χ4v) is 14.7. The molecule has 0 spiro atoms. The number of aliphatic hydroxyl groups is 9. The Morgan fingerprint density at radius 2 is 1.36 bits per heavy atom. The highest BCUT2D eigenvalue weighted by Crippen LogP contribution is 2.76. The molecule has 22 atom stereocenters. The molecule has 7 fully saturated rings. The van der Waals surface area contributed by atoms with Gasteiger partial charge in [-0.05, 0) is 103 Å². The van der Waals surface area contributed by atoms with E-state index in [1.54, 1.807) is 0 Å². The maximum Gasteiger partial charge on any atom is 0.315 e. The molecule has 0 aromatic rings. The minimum atomic E-state index is -1.70. The molecular formula is C47H76O17. The van der Waals surface area contributed by atoms with Gasteiger partial charge in [-0.3, -0.25) is 4.79 Å². The fourth-order valence-electron chi connectivity index (χ4n) is 14.7. The number of ether oxygens (including phenoxy) is 7. The molecule has 0 radical (unpaired) electrons. The Hall–Kier alpha value is -1.39. The summed E-state index contributed by atoms with van der Waals surface area (Å²) >= 11 is 0. The van der Waals surface area contributed by atoms with Gasteiger partial charge in [0.05, 0.1) is 39.1 Å². The van der Waals surface area contributed by atoms with Crippen LogP contribution in [0.25, 0.3) is 0 Å². The van der Waals surface area contributed by atoms with Crippen LogP contribution in [0.4, 0.5) is 0 Å². The number of rotatable bonds is 8. The summed E-state index contributed by atoms with van der Waals surface area (Å²) in [7, 11) is 1.44. The van der Waals surface area contributed by atoms with Gasteiger partial charge in [0.25, 0.3) is 0 Å². The molecule has 3 saturated heterocycles. The van der Waals surface area contributed by atoms with Crippen LogP contribution in [-0.2, 0) is 38.0 Å². The van der Waals surface area contributed by atoms with Crippen molar-refractivity contribution in [2.24, 2.45) is 50.2 Å². The molecule has 0 unspecified atom stereocenters. The third-order valence-corrected chi connectivity index (χ3v) is 18.8. The average Bonchev–Trinajstić information content (AvgIpc) is 3.23. The van der Waals surface area contributed by atoms with Crippen molar-refractivity contribution in [3.8, 4) is 0 Å². The van der Waals surface area contributed by atoms with E-state index in [1.165, 1.54) is 12.7 Å². The summed E-state index contributed by atoms with van der Waals surface area (Å²) in [5.41, 5.74) is -0.668. The van der Waals surface area contributed by atoms with E-state index in [9.17, 15) is 50.8 Å². The van der Waals surface area contributed by atoms with Gasteiger partial charge in [0.15, 0.2) is 18.9 Å². The second kappa shape index (κ2) is 17.2. The third-order valence-electron chi connectivity index (χ3n) is 18.8. The summed E-state index contributed by atoms with van der Waals surface area (Å²) in [5.74, 6) is 0.0664. The summed E-state index contributed by atoms with van der Waals surface area (Å²) in [5, 5.41) is 97.3. The lowest BCUT2D eigenvalue weighted by Gasteiger charge is -2.71. The Bertz CT molecular complexity index is 1740. The van der Waals surface area contributed by atoms with E-state index >= 15 is 0 Å². The highest BCUT2D eigenvalue weighted by Gasteiger charge is 2.71. The lowest BCUT2D eigenvalue weighted by Crippen LogP contribution is -2.68. The van der Waals surface area contributed by atoms with Gasteiger partial charge in [0, 0.05) is 0 Å². The fraction of sp³-hybridized carbons (Fsp3) is 0.936. The van der Waals surface area contributed by atoms with Crippen molar-refractivity contribution in [3.63, 3.8) is 0 Å². The Morgan fingerprint density at radius 3 is 2.05 bits per heavy atom. The topological polar surface area (TPSA) is 264 Å². The minimum absolute atomic E-state index is 0.0192. The largest absolute Gasteiger partial charge is 0.468 e. The van der Waals surface area contributed by atoms with Crippen molar-refractivity contribution in [1.29, 1.82) is 0 Å². The highest BCUT2D eigenvalue weighted by atomic mass is 16.8. The van der Waals surface area contributed by atoms with Crippen LogP contribution in [0.2, 0.25) is 0 Å². The van der Waals surface area contributed by atoms with Crippen LogP contribution in [0.15, 0.2) is 11.6 Å². The predicted octanol–water partition coefficient (Wildman–Crippen LogP) is 1.04. The van der Waals surface area contributed by atoms with Gasteiger partial charge in [0.2, 0.25) is 0 Å². The quantitative estimate of drug-likeness (QED) is 0.0936. The molecule has 17 nitrogen and oxygen atoms in total. The van der Waals surface area contributed by atoms with E-state index in [4.69, 9.17) is 33.2 Å². The van der Waals surface area contributed by atoms with E-state index in [0.717, 1.165) is 38.5 Å². The first kappa shape index (κ1) is 49.0. The highest BCUT2D eigenvalue weighted by molar-refractivity contribution is 5.79. The van der Waals surface area contributed by atoms with Crippen LogP contribution in [0.5, 0.6) is 0 Å². The van der Waals surface area contributed by atoms with Crippen molar-refractivity contribution in [2.75, 3.05) is 26.9 Å². The molecule has 9 N–H and O–H groups in total. The van der Waals surface area contributed by atoms with Crippen LogP contribution < -0.4 is 0 Å². The standard InChI is InChI=1S/C47H76O17/c1-42(2)15-16-47(41(57)58-8)23(17-42)22-9-10-28-44(5)13-12-30(43(3,4)27(44)11-14-45(28,6)46(22,7)18-29(47)50)63-39-36(56)34(54)33(53)26(62-39)21-61-40-37(32(52)25(49)20-60-40)64-38-35(55)31(51)24(48)19-59-38/h9,23-40,48-56H,10-21H2,1-8H3/t23-,24-,25+,26-,27+,28-,29-,30+,31+,32+,33-,34+,35-,36-,37-,38+,39+,40+,44+,45-,46-,47-/m1/s1. The van der Waals surface area contributed by atoms with Crippen LogP contribution in [0.1, 0.15) is 106 Å². The number of methoxy groups -OCH3 is 1. The van der Waals surface area contributed by atoms with Crippen LogP contribution >= 0.6 is 0 Å². The first-order chi connectivity index (χ1) is 29.9. The maximum atomic E-state index is 13.7. The SMILES string of the molecule is COC(=O)[C@]12CCC(C)(C)C[C@@H]1C1=CC[C@@H]3[C@@]4(C)CC[C@H](O[C@@H]5O[C@H](CO[C@@H]6OC[C@H](O)[C@H](O)[C@H]6O[C@@H]6OC[C@@H](O)[C@H](O)[C@H]6O)[C@@H](O)[C@H](O)[C@H]5O)C(C)(C)[C@@H]4CC[C@@]3(C)[C@]1(C)C[C@H]2O. The smallest absolute Gasteiger partial charge is 0.315 e. The van der Waals surface area contributed by atoms with Gasteiger partial charge in [0.1, 0.15) is 66.5 Å². The number of carbonyl (C=O) groups excluding carboxylic acids is 1.